The number of carbonyl (C=O) groups excluding carboxylic acids is 1. The number of hydrogen-bond acceptors (Lipinski definition) is 5. The number of aromatic nitrogens is 4. The average Bonchev–Trinajstić information content (AvgIpc) is 3.51. The van der Waals surface area contributed by atoms with Gasteiger partial charge >= 0.3 is 6.18 Å². The first-order valence-corrected chi connectivity index (χ1v) is 12.1. The van der Waals surface area contributed by atoms with Crippen LogP contribution in [0.5, 0.6) is 5.75 Å². The number of halogens is 3. The number of nitrogens with zero attached hydrogens (tertiary/aromatic N) is 3. The Bertz CT molecular complexity index is 1580. The van der Waals surface area contributed by atoms with Gasteiger partial charge in [0.1, 0.15) is 5.75 Å². The molecule has 0 unspecified atom stereocenters. The van der Waals surface area contributed by atoms with Crippen LogP contribution in [0.1, 0.15) is 5.56 Å². The summed E-state index contributed by atoms with van der Waals surface area (Å²) in [6, 6.07) is 19.9. The molecule has 2 aromatic heterocycles. The minimum Gasteiger partial charge on any atom is -0.497 e. The summed E-state index contributed by atoms with van der Waals surface area (Å²) in [4.78, 5) is 15.9. The third kappa shape index (κ3) is 5.03. The fraction of sp³-hybridized carbons (Fsp3) is 0.115. The van der Waals surface area contributed by atoms with Gasteiger partial charge in [-0.25, -0.2) is 0 Å². The van der Waals surface area contributed by atoms with Crippen molar-refractivity contribution >= 4 is 34.3 Å². The van der Waals surface area contributed by atoms with Gasteiger partial charge in [-0.05, 0) is 30.3 Å². The second-order valence-corrected chi connectivity index (χ2v) is 8.91. The van der Waals surface area contributed by atoms with Crippen LogP contribution < -0.4 is 10.1 Å². The fourth-order valence-corrected chi connectivity index (χ4v) is 4.68. The van der Waals surface area contributed by atoms with E-state index in [0.29, 0.717) is 22.4 Å². The van der Waals surface area contributed by atoms with Crippen molar-refractivity contribution in [1.29, 1.82) is 0 Å². The van der Waals surface area contributed by atoms with Gasteiger partial charge in [0, 0.05) is 28.7 Å². The summed E-state index contributed by atoms with van der Waals surface area (Å²) in [5.41, 5.74) is 1.23. The molecule has 2 heterocycles. The average molecular weight is 524 g/mol. The summed E-state index contributed by atoms with van der Waals surface area (Å²) in [6.45, 7) is 0. The van der Waals surface area contributed by atoms with E-state index in [1.165, 1.54) is 18.2 Å². The zero-order valence-corrected chi connectivity index (χ0v) is 20.2. The Labute approximate surface area is 213 Å². The number of methoxy groups -OCH3 is 1. The Morgan fingerprint density at radius 3 is 2.65 bits per heavy atom. The van der Waals surface area contributed by atoms with Gasteiger partial charge in [-0.3, -0.25) is 9.36 Å². The van der Waals surface area contributed by atoms with Crippen LogP contribution in [0.25, 0.3) is 28.0 Å². The summed E-state index contributed by atoms with van der Waals surface area (Å²) in [5, 5.41) is 12.4. The molecule has 11 heteroatoms. The summed E-state index contributed by atoms with van der Waals surface area (Å²) in [6.07, 6.45) is -2.75. The molecule has 0 saturated heterocycles. The first-order chi connectivity index (χ1) is 17.8. The minimum absolute atomic E-state index is 0.178. The Morgan fingerprint density at radius 1 is 1.05 bits per heavy atom. The quantitative estimate of drug-likeness (QED) is 0.249. The number of carbonyl (C=O) groups is 1. The van der Waals surface area contributed by atoms with E-state index in [2.05, 4.69) is 20.5 Å². The van der Waals surface area contributed by atoms with E-state index in [-0.39, 0.29) is 11.4 Å². The number of rotatable bonds is 7. The third-order valence-electron chi connectivity index (χ3n) is 5.61. The molecule has 5 aromatic rings. The van der Waals surface area contributed by atoms with E-state index in [9.17, 15) is 18.0 Å². The topological polar surface area (TPSA) is 84.8 Å². The number of anilines is 1. The van der Waals surface area contributed by atoms with Crippen LogP contribution in [-0.2, 0) is 11.0 Å². The van der Waals surface area contributed by atoms with E-state index >= 15 is 0 Å². The highest BCUT2D eigenvalue weighted by atomic mass is 32.2. The van der Waals surface area contributed by atoms with Gasteiger partial charge in [0.25, 0.3) is 0 Å². The normalized spacial score (nSPS) is 11.6. The molecule has 0 aliphatic carbocycles. The number of alkyl halides is 3. The number of ether oxygens (including phenoxy) is 1. The number of hydrogen-bond donors (Lipinski definition) is 2. The van der Waals surface area contributed by atoms with Gasteiger partial charge in [-0.2, -0.15) is 13.2 Å². The number of fused-ring (bicyclic) bond motifs is 1. The van der Waals surface area contributed by atoms with Crippen molar-refractivity contribution in [2.24, 2.45) is 0 Å². The number of benzene rings is 3. The Morgan fingerprint density at radius 2 is 1.84 bits per heavy atom. The monoisotopic (exact) mass is 523 g/mol. The smallest absolute Gasteiger partial charge is 0.418 e. The Kier molecular flexibility index (Phi) is 6.62. The minimum atomic E-state index is -4.59. The summed E-state index contributed by atoms with van der Waals surface area (Å²) < 4.78 is 47.1. The van der Waals surface area contributed by atoms with Crippen molar-refractivity contribution in [3.05, 3.63) is 84.6 Å². The second kappa shape index (κ2) is 10.0. The lowest BCUT2D eigenvalue weighted by atomic mass is 10.1. The van der Waals surface area contributed by atoms with Crippen molar-refractivity contribution in [3.8, 4) is 22.8 Å². The molecule has 3 aromatic carbocycles. The molecule has 0 spiro atoms. The number of nitrogens with one attached hydrogen (secondary N) is 2. The maximum Gasteiger partial charge on any atom is 0.418 e. The van der Waals surface area contributed by atoms with Crippen molar-refractivity contribution in [1.82, 2.24) is 19.7 Å². The lowest BCUT2D eigenvalue weighted by Crippen LogP contribution is -2.18. The van der Waals surface area contributed by atoms with Crippen LogP contribution >= 0.6 is 11.8 Å². The standard InChI is InChI=1S/C26H20F3N5O2S/c1-36-17-8-6-7-16(13-17)34-24(19-14-30-21-11-4-2-9-18(19)21)32-33-25(34)37-15-23(35)31-22-12-5-3-10-20(22)26(27,28)29/h2-14,30H,15H2,1H3,(H,31,35). The predicted molar refractivity (Wildman–Crippen MR) is 136 cm³/mol. The molecule has 0 fully saturated rings. The van der Waals surface area contributed by atoms with Gasteiger partial charge in [0.05, 0.1) is 29.8 Å². The van der Waals surface area contributed by atoms with Crippen molar-refractivity contribution in [3.63, 3.8) is 0 Å². The molecular weight excluding hydrogens is 503 g/mol. The van der Waals surface area contributed by atoms with Gasteiger partial charge in [-0.15, -0.1) is 10.2 Å². The van der Waals surface area contributed by atoms with E-state index in [1.807, 2.05) is 48.7 Å². The van der Waals surface area contributed by atoms with Crippen LogP contribution in [0, 0.1) is 0 Å². The first kappa shape index (κ1) is 24.4. The van der Waals surface area contributed by atoms with Crippen LogP contribution in [0.15, 0.2) is 84.1 Å². The molecule has 0 bridgehead atoms. The molecule has 188 valence electrons. The van der Waals surface area contributed by atoms with E-state index in [0.717, 1.165) is 34.3 Å². The maximum atomic E-state index is 13.3. The van der Waals surface area contributed by atoms with Crippen LogP contribution in [0.4, 0.5) is 18.9 Å². The zero-order valence-electron chi connectivity index (χ0n) is 19.4. The SMILES string of the molecule is COc1cccc(-n2c(SCC(=O)Nc3ccccc3C(F)(F)F)nnc2-c2c[nH]c3ccccc23)c1. The molecule has 5 rings (SSSR count). The molecule has 0 aliphatic rings. The first-order valence-electron chi connectivity index (χ1n) is 11.1. The van der Waals surface area contributed by atoms with Crippen LogP contribution in [0.3, 0.4) is 0 Å². The van der Waals surface area contributed by atoms with E-state index in [4.69, 9.17) is 4.74 Å². The molecule has 0 radical (unpaired) electrons. The number of thioether (sulfide) groups is 1. The largest absolute Gasteiger partial charge is 0.497 e. The van der Waals surface area contributed by atoms with Crippen molar-refractivity contribution < 1.29 is 22.7 Å². The molecule has 7 nitrogen and oxygen atoms in total. The van der Waals surface area contributed by atoms with Crippen LogP contribution in [-0.4, -0.2) is 38.5 Å². The van der Waals surface area contributed by atoms with Gasteiger partial charge in [0.15, 0.2) is 11.0 Å². The Balaban J connectivity index is 1.47. The van der Waals surface area contributed by atoms with Gasteiger partial charge < -0.3 is 15.0 Å². The number of para-hydroxylation sites is 2. The lowest BCUT2D eigenvalue weighted by molar-refractivity contribution is -0.137. The highest BCUT2D eigenvalue weighted by Gasteiger charge is 2.33. The number of amides is 1. The molecule has 0 saturated carbocycles. The summed E-state index contributed by atoms with van der Waals surface area (Å²) in [7, 11) is 1.56. The summed E-state index contributed by atoms with van der Waals surface area (Å²) >= 11 is 1.06. The Hall–Kier alpha value is -4.25. The molecular formula is C26H20F3N5O2S. The third-order valence-corrected chi connectivity index (χ3v) is 6.54. The fourth-order valence-electron chi connectivity index (χ4n) is 3.93. The van der Waals surface area contributed by atoms with Gasteiger partial charge in [-0.1, -0.05) is 48.2 Å². The van der Waals surface area contributed by atoms with Gasteiger partial charge in [0.2, 0.25) is 5.91 Å². The van der Waals surface area contributed by atoms with Crippen molar-refractivity contribution in [2.75, 3.05) is 18.2 Å². The number of H-pyrrole nitrogens is 1. The molecule has 2 N–H and O–H groups in total. The molecule has 0 aliphatic heterocycles. The summed E-state index contributed by atoms with van der Waals surface area (Å²) in [5.74, 6) is 0.377. The maximum absolute atomic E-state index is 13.3. The highest BCUT2D eigenvalue weighted by Crippen LogP contribution is 2.35. The van der Waals surface area contributed by atoms with Crippen molar-refractivity contribution in [2.45, 2.75) is 11.3 Å². The highest BCUT2D eigenvalue weighted by molar-refractivity contribution is 7.99. The molecule has 37 heavy (non-hydrogen) atoms. The predicted octanol–water partition coefficient (Wildman–Crippen LogP) is 6.17. The molecule has 1 amide bonds. The van der Waals surface area contributed by atoms with E-state index in [1.54, 1.807) is 17.7 Å². The van der Waals surface area contributed by atoms with Crippen LogP contribution in [0.2, 0.25) is 0 Å². The number of aromatic amines is 1. The zero-order chi connectivity index (χ0) is 26.0. The lowest BCUT2D eigenvalue weighted by Gasteiger charge is -2.14. The second-order valence-electron chi connectivity index (χ2n) is 7.97. The van der Waals surface area contributed by atoms with E-state index < -0.39 is 17.6 Å². The molecule has 0 atom stereocenters.